The van der Waals surface area contributed by atoms with Crippen LogP contribution in [0.5, 0.6) is 0 Å². The summed E-state index contributed by atoms with van der Waals surface area (Å²) in [7, 11) is 0. The zero-order valence-corrected chi connectivity index (χ0v) is 11.4. The summed E-state index contributed by atoms with van der Waals surface area (Å²) in [6, 6.07) is 6.22. The van der Waals surface area contributed by atoms with Crippen LogP contribution in [-0.4, -0.2) is 33.9 Å². The van der Waals surface area contributed by atoms with E-state index >= 15 is 0 Å². The number of aliphatic hydroxyl groups is 1. The zero-order valence-electron chi connectivity index (χ0n) is 11.4. The second-order valence-electron chi connectivity index (χ2n) is 4.48. The predicted molar refractivity (Wildman–Crippen MR) is 76.0 cm³/mol. The van der Waals surface area contributed by atoms with Crippen LogP contribution in [0, 0.1) is 5.82 Å². The minimum Gasteiger partial charge on any atom is -0.395 e. The fourth-order valence-corrected chi connectivity index (χ4v) is 1.75. The summed E-state index contributed by atoms with van der Waals surface area (Å²) in [5, 5.41) is 18.4. The Bertz CT molecular complexity index is 583. The van der Waals surface area contributed by atoms with Crippen molar-refractivity contribution in [2.75, 3.05) is 18.5 Å². The Kier molecular flexibility index (Phi) is 5.28. The molecule has 1 aromatic heterocycles. The summed E-state index contributed by atoms with van der Waals surface area (Å²) in [6.45, 7) is 0.784. The monoisotopic (exact) mass is 292 g/mol. The quantitative estimate of drug-likeness (QED) is 0.703. The van der Waals surface area contributed by atoms with Gasteiger partial charge in [-0.1, -0.05) is 12.1 Å². The minimum atomic E-state index is -0.263. The third-order valence-electron chi connectivity index (χ3n) is 2.78. The predicted octanol–water partition coefficient (Wildman–Crippen LogP) is 0.743. The molecule has 0 unspecified atom stereocenters. The highest BCUT2D eigenvalue weighted by Crippen LogP contribution is 2.09. The van der Waals surface area contributed by atoms with E-state index in [9.17, 15) is 9.18 Å². The highest BCUT2D eigenvalue weighted by molar-refractivity contribution is 5.75. The first-order chi connectivity index (χ1) is 10.2. The van der Waals surface area contributed by atoms with Crippen LogP contribution in [0.4, 0.5) is 10.1 Å². The van der Waals surface area contributed by atoms with Gasteiger partial charge in [-0.2, -0.15) is 5.10 Å². The van der Waals surface area contributed by atoms with Crippen molar-refractivity contribution in [3.05, 3.63) is 48.0 Å². The molecule has 7 heteroatoms. The number of hydrogen-bond donors (Lipinski definition) is 3. The van der Waals surface area contributed by atoms with Crippen LogP contribution in [-0.2, 0) is 17.9 Å². The molecule has 1 heterocycles. The van der Waals surface area contributed by atoms with E-state index in [1.54, 1.807) is 24.5 Å². The van der Waals surface area contributed by atoms with E-state index in [2.05, 4.69) is 15.7 Å². The van der Waals surface area contributed by atoms with Gasteiger partial charge in [-0.3, -0.25) is 9.48 Å². The summed E-state index contributed by atoms with van der Waals surface area (Å²) >= 11 is 0. The molecule has 0 saturated carbocycles. The van der Waals surface area contributed by atoms with Gasteiger partial charge in [0.15, 0.2) is 0 Å². The Balaban J connectivity index is 1.82. The van der Waals surface area contributed by atoms with E-state index in [0.29, 0.717) is 6.54 Å². The molecule has 1 aromatic carbocycles. The number of aliphatic hydroxyl groups excluding tert-OH is 1. The van der Waals surface area contributed by atoms with Gasteiger partial charge in [0.1, 0.15) is 12.4 Å². The van der Waals surface area contributed by atoms with Crippen molar-refractivity contribution >= 4 is 11.6 Å². The second-order valence-corrected chi connectivity index (χ2v) is 4.48. The van der Waals surface area contributed by atoms with Crippen molar-refractivity contribution in [1.29, 1.82) is 0 Å². The van der Waals surface area contributed by atoms with Gasteiger partial charge < -0.3 is 15.7 Å². The molecule has 0 fully saturated rings. The van der Waals surface area contributed by atoms with E-state index in [1.165, 1.54) is 16.8 Å². The molecule has 0 aliphatic carbocycles. The van der Waals surface area contributed by atoms with Gasteiger partial charge in [0.05, 0.1) is 18.5 Å². The van der Waals surface area contributed by atoms with Crippen LogP contribution in [0.25, 0.3) is 0 Å². The van der Waals surface area contributed by atoms with Crippen LogP contribution in [0.1, 0.15) is 5.56 Å². The molecule has 0 atom stereocenters. The topological polar surface area (TPSA) is 79.2 Å². The number of rotatable bonds is 7. The van der Waals surface area contributed by atoms with Crippen LogP contribution < -0.4 is 10.6 Å². The summed E-state index contributed by atoms with van der Waals surface area (Å²) in [5.41, 5.74) is 1.72. The summed E-state index contributed by atoms with van der Waals surface area (Å²) in [4.78, 5) is 11.5. The van der Waals surface area contributed by atoms with Crippen LogP contribution in [0.15, 0.2) is 36.7 Å². The fourth-order valence-electron chi connectivity index (χ4n) is 1.75. The van der Waals surface area contributed by atoms with Crippen molar-refractivity contribution in [2.45, 2.75) is 13.1 Å². The Morgan fingerprint density at radius 1 is 1.33 bits per heavy atom. The SMILES string of the molecule is O=C(Cn1cc(NCc2ccc(F)cc2)cn1)NCCO. The number of anilines is 1. The molecular weight excluding hydrogens is 275 g/mol. The van der Waals surface area contributed by atoms with Crippen molar-refractivity contribution < 1.29 is 14.3 Å². The number of aromatic nitrogens is 2. The standard InChI is InChI=1S/C14H17FN4O2/c15-12-3-1-11(2-4-12)7-17-13-8-18-19(9-13)10-14(21)16-5-6-20/h1-4,8-9,17,20H,5-7,10H2,(H,16,21). The van der Waals surface area contributed by atoms with Crippen molar-refractivity contribution in [1.82, 2.24) is 15.1 Å². The van der Waals surface area contributed by atoms with E-state index in [1.807, 2.05) is 0 Å². The van der Waals surface area contributed by atoms with Crippen LogP contribution >= 0.6 is 0 Å². The number of carbonyl (C=O) groups is 1. The number of nitrogens with one attached hydrogen (secondary N) is 2. The summed E-state index contributed by atoms with van der Waals surface area (Å²) in [5.74, 6) is -0.474. The molecule has 0 radical (unpaired) electrons. The first-order valence-electron chi connectivity index (χ1n) is 6.55. The smallest absolute Gasteiger partial charge is 0.241 e. The molecule has 0 saturated heterocycles. The second kappa shape index (κ2) is 7.39. The van der Waals surface area contributed by atoms with Gasteiger partial charge >= 0.3 is 0 Å². The van der Waals surface area contributed by atoms with Crippen molar-refractivity contribution in [3.63, 3.8) is 0 Å². The summed E-state index contributed by atoms with van der Waals surface area (Å²) < 4.78 is 14.3. The fraction of sp³-hybridized carbons (Fsp3) is 0.286. The molecule has 0 spiro atoms. The van der Waals surface area contributed by atoms with Gasteiger partial charge in [-0.25, -0.2) is 4.39 Å². The molecule has 6 nitrogen and oxygen atoms in total. The first-order valence-corrected chi connectivity index (χ1v) is 6.55. The first kappa shape index (κ1) is 15.0. The molecular formula is C14H17FN4O2. The lowest BCUT2D eigenvalue weighted by molar-refractivity contribution is -0.122. The molecule has 2 rings (SSSR count). The van der Waals surface area contributed by atoms with Crippen LogP contribution in [0.3, 0.4) is 0 Å². The van der Waals surface area contributed by atoms with Crippen molar-refractivity contribution in [2.24, 2.45) is 0 Å². The highest BCUT2D eigenvalue weighted by Gasteiger charge is 2.04. The third-order valence-corrected chi connectivity index (χ3v) is 2.78. The Morgan fingerprint density at radius 3 is 2.81 bits per heavy atom. The molecule has 3 N–H and O–H groups in total. The lowest BCUT2D eigenvalue weighted by Gasteiger charge is -2.04. The number of hydrogen-bond acceptors (Lipinski definition) is 4. The maximum atomic E-state index is 12.8. The van der Waals surface area contributed by atoms with Gasteiger partial charge in [0, 0.05) is 19.3 Å². The highest BCUT2D eigenvalue weighted by atomic mass is 19.1. The lowest BCUT2D eigenvalue weighted by atomic mass is 10.2. The van der Waals surface area contributed by atoms with E-state index in [4.69, 9.17) is 5.11 Å². The van der Waals surface area contributed by atoms with Gasteiger partial charge in [-0.15, -0.1) is 0 Å². The third kappa shape index (κ3) is 4.88. The maximum absolute atomic E-state index is 12.8. The number of halogens is 1. The van der Waals surface area contributed by atoms with Gasteiger partial charge in [0.25, 0.3) is 0 Å². The number of benzene rings is 1. The number of nitrogens with zero attached hydrogens (tertiary/aromatic N) is 2. The Morgan fingerprint density at radius 2 is 2.10 bits per heavy atom. The van der Waals surface area contributed by atoms with Crippen molar-refractivity contribution in [3.8, 4) is 0 Å². The molecule has 0 aliphatic heterocycles. The average Bonchev–Trinajstić information content (AvgIpc) is 2.92. The largest absolute Gasteiger partial charge is 0.395 e. The Labute approximate surface area is 121 Å². The van der Waals surface area contributed by atoms with Gasteiger partial charge in [0.2, 0.25) is 5.91 Å². The normalized spacial score (nSPS) is 10.4. The molecule has 112 valence electrons. The Hall–Kier alpha value is -2.41. The lowest BCUT2D eigenvalue weighted by Crippen LogP contribution is -2.30. The molecule has 21 heavy (non-hydrogen) atoms. The zero-order chi connectivity index (χ0) is 15.1. The molecule has 2 aromatic rings. The minimum absolute atomic E-state index is 0.0880. The van der Waals surface area contributed by atoms with E-state index < -0.39 is 0 Å². The van der Waals surface area contributed by atoms with Crippen LogP contribution in [0.2, 0.25) is 0 Å². The number of carbonyl (C=O) groups excluding carboxylic acids is 1. The molecule has 1 amide bonds. The molecule has 0 bridgehead atoms. The average molecular weight is 292 g/mol. The van der Waals surface area contributed by atoms with E-state index in [-0.39, 0.29) is 31.4 Å². The maximum Gasteiger partial charge on any atom is 0.241 e. The number of amides is 1. The van der Waals surface area contributed by atoms with Gasteiger partial charge in [-0.05, 0) is 17.7 Å². The summed E-state index contributed by atoms with van der Waals surface area (Å²) in [6.07, 6.45) is 3.32. The molecule has 0 aliphatic rings. The van der Waals surface area contributed by atoms with E-state index in [0.717, 1.165) is 11.3 Å².